The molecule has 0 aromatic rings. The van der Waals surface area contributed by atoms with E-state index in [0.717, 1.165) is 12.8 Å². The molecule has 76 valence electrons. The standard InChI is InChI=1S/C10H18O2S/c1-7-5-6-10(7,8(11)12)13-9(2,3)4/h7H,5-6H2,1-4H3,(H,11,12). The first kappa shape index (κ1) is 10.9. The van der Waals surface area contributed by atoms with Gasteiger partial charge in [0.05, 0.1) is 0 Å². The first-order chi connectivity index (χ1) is 5.78. The van der Waals surface area contributed by atoms with Crippen molar-refractivity contribution in [2.45, 2.75) is 50.0 Å². The summed E-state index contributed by atoms with van der Waals surface area (Å²) in [6, 6.07) is 0. The van der Waals surface area contributed by atoms with Gasteiger partial charge in [0.25, 0.3) is 0 Å². The van der Waals surface area contributed by atoms with E-state index in [9.17, 15) is 9.90 Å². The first-order valence-electron chi connectivity index (χ1n) is 4.71. The van der Waals surface area contributed by atoms with Crippen LogP contribution < -0.4 is 0 Å². The van der Waals surface area contributed by atoms with Gasteiger partial charge < -0.3 is 5.11 Å². The zero-order valence-corrected chi connectivity index (χ0v) is 9.57. The highest BCUT2D eigenvalue weighted by Crippen LogP contribution is 2.53. The number of rotatable bonds is 2. The predicted octanol–water partition coefficient (Wildman–Crippen LogP) is 2.77. The average Bonchev–Trinajstić information content (AvgIpc) is 1.95. The third-order valence-corrected chi connectivity index (χ3v) is 4.35. The lowest BCUT2D eigenvalue weighted by atomic mass is 9.74. The molecular weight excluding hydrogens is 184 g/mol. The molecule has 0 heterocycles. The van der Waals surface area contributed by atoms with Crippen LogP contribution >= 0.6 is 11.8 Å². The maximum Gasteiger partial charge on any atom is 0.320 e. The molecule has 1 aliphatic carbocycles. The summed E-state index contributed by atoms with van der Waals surface area (Å²) in [6.45, 7) is 8.27. The van der Waals surface area contributed by atoms with Crippen molar-refractivity contribution < 1.29 is 9.90 Å². The zero-order chi connectivity index (χ0) is 10.3. The van der Waals surface area contributed by atoms with Gasteiger partial charge in [-0.25, -0.2) is 0 Å². The van der Waals surface area contributed by atoms with Crippen LogP contribution in [0.4, 0.5) is 0 Å². The average molecular weight is 202 g/mol. The maximum atomic E-state index is 11.2. The largest absolute Gasteiger partial charge is 0.480 e. The Labute approximate surface area is 84.1 Å². The van der Waals surface area contributed by atoms with E-state index in [1.54, 1.807) is 11.8 Å². The van der Waals surface area contributed by atoms with Crippen LogP contribution in [-0.4, -0.2) is 20.6 Å². The molecule has 0 aromatic carbocycles. The molecule has 0 bridgehead atoms. The topological polar surface area (TPSA) is 37.3 Å². The van der Waals surface area contributed by atoms with Gasteiger partial charge in [0.1, 0.15) is 4.75 Å². The van der Waals surface area contributed by atoms with Crippen LogP contribution in [0.1, 0.15) is 40.5 Å². The van der Waals surface area contributed by atoms with Crippen molar-refractivity contribution in [3.63, 3.8) is 0 Å². The Morgan fingerprint density at radius 3 is 2.15 bits per heavy atom. The minimum atomic E-state index is -0.633. The van der Waals surface area contributed by atoms with Crippen LogP contribution in [0.25, 0.3) is 0 Å². The van der Waals surface area contributed by atoms with Gasteiger partial charge in [-0.2, -0.15) is 0 Å². The Balaban J connectivity index is 2.76. The van der Waals surface area contributed by atoms with Gasteiger partial charge in [0.2, 0.25) is 0 Å². The molecule has 1 rings (SSSR count). The lowest BCUT2D eigenvalue weighted by molar-refractivity contribution is -0.144. The molecule has 2 unspecified atom stereocenters. The normalized spacial score (nSPS) is 34.0. The molecular formula is C10H18O2S. The van der Waals surface area contributed by atoms with Crippen molar-refractivity contribution in [2.24, 2.45) is 5.92 Å². The zero-order valence-electron chi connectivity index (χ0n) is 8.76. The molecule has 13 heavy (non-hydrogen) atoms. The summed E-state index contributed by atoms with van der Waals surface area (Å²) in [7, 11) is 0. The van der Waals surface area contributed by atoms with Crippen LogP contribution in [-0.2, 0) is 4.79 Å². The fourth-order valence-corrected chi connectivity index (χ4v) is 3.47. The van der Waals surface area contributed by atoms with Crippen LogP contribution in [0.5, 0.6) is 0 Å². The molecule has 0 amide bonds. The Kier molecular flexibility index (Phi) is 2.68. The van der Waals surface area contributed by atoms with E-state index >= 15 is 0 Å². The van der Waals surface area contributed by atoms with Gasteiger partial charge in [0.15, 0.2) is 0 Å². The highest BCUT2D eigenvalue weighted by atomic mass is 32.2. The summed E-state index contributed by atoms with van der Waals surface area (Å²) in [5.74, 6) is -0.319. The third kappa shape index (κ3) is 2.01. The van der Waals surface area contributed by atoms with E-state index in [0.29, 0.717) is 5.92 Å². The Morgan fingerprint density at radius 2 is 2.08 bits per heavy atom. The van der Waals surface area contributed by atoms with Crippen molar-refractivity contribution in [2.75, 3.05) is 0 Å². The van der Waals surface area contributed by atoms with Crippen molar-refractivity contribution >= 4 is 17.7 Å². The second kappa shape index (κ2) is 3.19. The summed E-state index contributed by atoms with van der Waals surface area (Å²) in [4.78, 5) is 11.2. The van der Waals surface area contributed by atoms with Crippen LogP contribution in [0.15, 0.2) is 0 Å². The second-order valence-corrected chi connectivity index (χ2v) is 7.01. The Hall–Kier alpha value is -0.180. The van der Waals surface area contributed by atoms with Gasteiger partial charge in [-0.15, -0.1) is 11.8 Å². The molecule has 0 aliphatic heterocycles. The van der Waals surface area contributed by atoms with Crippen molar-refractivity contribution in [3.05, 3.63) is 0 Å². The van der Waals surface area contributed by atoms with Crippen molar-refractivity contribution in [3.8, 4) is 0 Å². The Bertz CT molecular complexity index is 219. The molecule has 1 aliphatic rings. The number of aliphatic carboxylic acids is 1. The molecule has 0 spiro atoms. The fraction of sp³-hybridized carbons (Fsp3) is 0.900. The highest BCUT2D eigenvalue weighted by Gasteiger charge is 2.53. The lowest BCUT2D eigenvalue weighted by Crippen LogP contribution is -2.51. The molecule has 3 heteroatoms. The summed E-state index contributed by atoms with van der Waals surface area (Å²) in [6.07, 6.45) is 1.88. The monoisotopic (exact) mass is 202 g/mol. The number of carboxylic acid groups (broad SMARTS) is 1. The molecule has 1 fully saturated rings. The maximum absolute atomic E-state index is 11.2. The summed E-state index contributed by atoms with van der Waals surface area (Å²) in [5.41, 5.74) is 0. The summed E-state index contributed by atoms with van der Waals surface area (Å²) in [5, 5.41) is 9.20. The molecule has 1 saturated carbocycles. The van der Waals surface area contributed by atoms with Crippen molar-refractivity contribution in [1.29, 1.82) is 0 Å². The van der Waals surface area contributed by atoms with E-state index in [1.165, 1.54) is 0 Å². The van der Waals surface area contributed by atoms with E-state index in [4.69, 9.17) is 0 Å². The fourth-order valence-electron chi connectivity index (χ4n) is 1.75. The minimum Gasteiger partial charge on any atom is -0.480 e. The minimum absolute atomic E-state index is 0.0348. The van der Waals surface area contributed by atoms with Gasteiger partial charge >= 0.3 is 5.97 Å². The highest BCUT2D eigenvalue weighted by molar-refractivity contribution is 8.02. The predicted molar refractivity (Wildman–Crippen MR) is 56.1 cm³/mol. The van der Waals surface area contributed by atoms with Crippen LogP contribution in [0, 0.1) is 5.92 Å². The van der Waals surface area contributed by atoms with Crippen LogP contribution in [0.2, 0.25) is 0 Å². The SMILES string of the molecule is CC1CCC1(SC(C)(C)C)C(=O)O. The molecule has 0 saturated heterocycles. The molecule has 0 aromatic heterocycles. The van der Waals surface area contributed by atoms with Gasteiger partial charge in [0, 0.05) is 4.75 Å². The number of carboxylic acids is 1. The lowest BCUT2D eigenvalue weighted by Gasteiger charge is -2.47. The summed E-state index contributed by atoms with van der Waals surface area (Å²) >= 11 is 1.61. The molecule has 0 radical (unpaired) electrons. The Morgan fingerprint density at radius 1 is 1.54 bits per heavy atom. The molecule has 2 nitrogen and oxygen atoms in total. The van der Waals surface area contributed by atoms with E-state index in [2.05, 4.69) is 20.8 Å². The van der Waals surface area contributed by atoms with E-state index < -0.39 is 10.7 Å². The third-order valence-electron chi connectivity index (χ3n) is 2.60. The number of carbonyl (C=O) groups is 1. The van der Waals surface area contributed by atoms with E-state index in [-0.39, 0.29) is 4.75 Å². The van der Waals surface area contributed by atoms with E-state index in [1.807, 2.05) is 6.92 Å². The quantitative estimate of drug-likeness (QED) is 0.748. The van der Waals surface area contributed by atoms with Gasteiger partial charge in [-0.05, 0) is 18.8 Å². The van der Waals surface area contributed by atoms with Gasteiger partial charge in [-0.1, -0.05) is 27.7 Å². The second-order valence-electron chi connectivity index (χ2n) is 4.85. The van der Waals surface area contributed by atoms with Crippen molar-refractivity contribution in [1.82, 2.24) is 0 Å². The molecule has 1 N–H and O–H groups in total. The summed E-state index contributed by atoms with van der Waals surface area (Å²) < 4.78 is -0.467. The number of thioether (sulfide) groups is 1. The first-order valence-corrected chi connectivity index (χ1v) is 5.53. The number of hydrogen-bond donors (Lipinski definition) is 1. The number of hydrogen-bond acceptors (Lipinski definition) is 2. The molecule has 2 atom stereocenters. The van der Waals surface area contributed by atoms with Crippen LogP contribution in [0.3, 0.4) is 0 Å². The smallest absolute Gasteiger partial charge is 0.320 e. The van der Waals surface area contributed by atoms with Gasteiger partial charge in [-0.3, -0.25) is 4.79 Å².